The van der Waals surface area contributed by atoms with Crippen LogP contribution in [0.2, 0.25) is 5.02 Å². The van der Waals surface area contributed by atoms with E-state index in [9.17, 15) is 9.90 Å². The molecule has 1 saturated heterocycles. The molecule has 0 bridgehead atoms. The van der Waals surface area contributed by atoms with E-state index in [4.69, 9.17) is 16.3 Å². The number of nitrogens with zero attached hydrogens (tertiary/aromatic N) is 1. The molecular weight excluding hydrogens is 430 g/mol. The smallest absolute Gasteiger partial charge is 0.255 e. The van der Waals surface area contributed by atoms with Crippen LogP contribution in [0.3, 0.4) is 0 Å². The number of carbonyl (C=O) groups excluding carboxylic acids is 1. The second-order valence-electron chi connectivity index (χ2n) is 8.39. The molecule has 1 unspecified atom stereocenters. The number of pyridine rings is 1. The molecule has 3 aromatic rings. The van der Waals surface area contributed by atoms with Crippen LogP contribution in [0.1, 0.15) is 29.4 Å². The molecule has 0 saturated carbocycles. The molecule has 2 aromatic heterocycles. The maximum atomic E-state index is 12.8. The Morgan fingerprint density at radius 3 is 2.94 bits per heavy atom. The minimum Gasteiger partial charge on any atom is -0.504 e. The van der Waals surface area contributed by atoms with Gasteiger partial charge in [0.25, 0.3) is 5.91 Å². The van der Waals surface area contributed by atoms with E-state index in [0.29, 0.717) is 48.0 Å². The molecule has 1 fully saturated rings. The van der Waals surface area contributed by atoms with Crippen molar-refractivity contribution >= 4 is 28.9 Å². The number of fused-ring (bicyclic) bond motifs is 1. The summed E-state index contributed by atoms with van der Waals surface area (Å²) >= 11 is 6.10. The zero-order chi connectivity index (χ0) is 22.3. The number of anilines is 2. The molecule has 1 aromatic carbocycles. The quantitative estimate of drug-likeness (QED) is 0.365. The van der Waals surface area contributed by atoms with Gasteiger partial charge in [-0.25, -0.2) is 0 Å². The first-order valence-electron chi connectivity index (χ1n) is 10.5. The van der Waals surface area contributed by atoms with E-state index in [-0.39, 0.29) is 22.2 Å². The summed E-state index contributed by atoms with van der Waals surface area (Å²) in [7, 11) is 0. The number of aromatic amines is 1. The van der Waals surface area contributed by atoms with Crippen molar-refractivity contribution in [3.05, 3.63) is 52.9 Å². The number of nitrogens with one attached hydrogen (secondary N) is 4. The largest absolute Gasteiger partial charge is 0.504 e. The highest BCUT2D eigenvalue weighted by Gasteiger charge is 2.33. The lowest BCUT2D eigenvalue weighted by Gasteiger charge is -2.39. The standard InChI is InChI=1S/C23H24ClN5O3/c1-23(7-10-27-23)12-32-17-11-25-8-5-13(17)19-20(18-15(28-19)6-9-26-22(18)31)29-16-4-2-3-14(24)21(16)30/h2-5,8,11,27-30H,6-7,9-10,12H2,1H3,(H,26,31). The molecule has 0 aliphatic carbocycles. The molecule has 5 N–H and O–H groups in total. The molecular formula is C23H24ClN5O3. The summed E-state index contributed by atoms with van der Waals surface area (Å²) in [5, 5.41) is 20.2. The first-order chi connectivity index (χ1) is 15.5. The lowest BCUT2D eigenvalue weighted by atomic mass is 9.91. The zero-order valence-corrected chi connectivity index (χ0v) is 18.3. The van der Waals surface area contributed by atoms with Gasteiger partial charge in [0.1, 0.15) is 12.4 Å². The van der Waals surface area contributed by atoms with Crippen LogP contribution >= 0.6 is 11.6 Å². The first-order valence-corrected chi connectivity index (χ1v) is 10.9. The highest BCUT2D eigenvalue weighted by molar-refractivity contribution is 6.32. The highest BCUT2D eigenvalue weighted by atomic mass is 35.5. The molecule has 1 atom stereocenters. The van der Waals surface area contributed by atoms with Gasteiger partial charge in [0.15, 0.2) is 5.75 Å². The second-order valence-corrected chi connectivity index (χ2v) is 8.80. The van der Waals surface area contributed by atoms with Crippen LogP contribution in [0.4, 0.5) is 11.4 Å². The van der Waals surface area contributed by atoms with Crippen molar-refractivity contribution in [1.82, 2.24) is 20.6 Å². The third-order valence-electron chi connectivity index (χ3n) is 6.04. The van der Waals surface area contributed by atoms with Crippen molar-refractivity contribution in [2.24, 2.45) is 0 Å². The van der Waals surface area contributed by atoms with Gasteiger partial charge in [-0.2, -0.15) is 0 Å². The number of hydrogen-bond acceptors (Lipinski definition) is 6. The predicted octanol–water partition coefficient (Wildman–Crippen LogP) is 3.60. The SMILES string of the molecule is CC1(COc2cnccc2-c2[nH]c3c(c2Nc2cccc(Cl)c2O)C(=O)NCC3)CCN1. The van der Waals surface area contributed by atoms with E-state index >= 15 is 0 Å². The number of amides is 1. The third kappa shape index (κ3) is 3.65. The van der Waals surface area contributed by atoms with E-state index in [1.165, 1.54) is 0 Å². The fourth-order valence-corrected chi connectivity index (χ4v) is 4.25. The van der Waals surface area contributed by atoms with E-state index < -0.39 is 0 Å². The number of rotatable bonds is 6. The number of ether oxygens (including phenoxy) is 1. The van der Waals surface area contributed by atoms with Gasteiger partial charge in [-0.15, -0.1) is 0 Å². The molecule has 32 heavy (non-hydrogen) atoms. The number of H-pyrrole nitrogens is 1. The van der Waals surface area contributed by atoms with Gasteiger partial charge in [-0.1, -0.05) is 17.7 Å². The van der Waals surface area contributed by atoms with E-state index in [0.717, 1.165) is 24.2 Å². The average Bonchev–Trinajstić information content (AvgIpc) is 3.14. The summed E-state index contributed by atoms with van der Waals surface area (Å²) in [6.45, 7) is 4.16. The number of halogens is 1. The van der Waals surface area contributed by atoms with Crippen molar-refractivity contribution in [2.45, 2.75) is 25.3 Å². The maximum Gasteiger partial charge on any atom is 0.255 e. The second kappa shape index (κ2) is 8.03. The molecule has 1 amide bonds. The number of carbonyl (C=O) groups is 1. The number of aromatic hydroxyl groups is 1. The molecule has 166 valence electrons. The normalized spacial score (nSPS) is 19.6. The van der Waals surface area contributed by atoms with Crippen molar-refractivity contribution < 1.29 is 14.6 Å². The lowest BCUT2D eigenvalue weighted by Crippen LogP contribution is -2.58. The van der Waals surface area contributed by atoms with Gasteiger partial charge >= 0.3 is 0 Å². The molecule has 9 heteroatoms. The summed E-state index contributed by atoms with van der Waals surface area (Å²) in [6.07, 6.45) is 5.07. The Bertz CT molecular complexity index is 1190. The zero-order valence-electron chi connectivity index (χ0n) is 17.6. The van der Waals surface area contributed by atoms with Gasteiger partial charge in [0, 0.05) is 30.4 Å². The Morgan fingerprint density at radius 2 is 2.16 bits per heavy atom. The van der Waals surface area contributed by atoms with Gasteiger partial charge in [-0.05, 0) is 38.1 Å². The van der Waals surface area contributed by atoms with Crippen molar-refractivity contribution in [1.29, 1.82) is 0 Å². The number of para-hydroxylation sites is 1. The molecule has 5 rings (SSSR count). The van der Waals surface area contributed by atoms with Crippen LogP contribution in [-0.4, -0.2) is 46.2 Å². The van der Waals surface area contributed by atoms with Crippen LogP contribution in [0.5, 0.6) is 11.5 Å². The van der Waals surface area contributed by atoms with Crippen LogP contribution < -0.4 is 20.7 Å². The van der Waals surface area contributed by atoms with Gasteiger partial charge in [-0.3, -0.25) is 9.78 Å². The van der Waals surface area contributed by atoms with Crippen LogP contribution in [0.15, 0.2) is 36.7 Å². The summed E-state index contributed by atoms with van der Waals surface area (Å²) in [6, 6.07) is 6.89. The number of benzene rings is 1. The summed E-state index contributed by atoms with van der Waals surface area (Å²) in [4.78, 5) is 20.4. The molecule has 2 aliphatic rings. The third-order valence-corrected chi connectivity index (χ3v) is 6.35. The van der Waals surface area contributed by atoms with Crippen molar-refractivity contribution in [2.75, 3.05) is 25.0 Å². The Hall–Kier alpha value is -3.23. The Kier molecular flexibility index (Phi) is 5.19. The van der Waals surface area contributed by atoms with E-state index in [2.05, 4.69) is 32.8 Å². The molecule has 0 spiro atoms. The first kappa shape index (κ1) is 20.7. The predicted molar refractivity (Wildman–Crippen MR) is 123 cm³/mol. The monoisotopic (exact) mass is 453 g/mol. The Labute approximate surface area is 190 Å². The number of hydrogen-bond donors (Lipinski definition) is 5. The van der Waals surface area contributed by atoms with Gasteiger partial charge < -0.3 is 30.8 Å². The fraction of sp³-hybridized carbons (Fsp3) is 0.304. The van der Waals surface area contributed by atoms with Crippen LogP contribution in [-0.2, 0) is 6.42 Å². The van der Waals surface area contributed by atoms with Crippen LogP contribution in [0, 0.1) is 0 Å². The number of aromatic nitrogens is 2. The topological polar surface area (TPSA) is 111 Å². The van der Waals surface area contributed by atoms with E-state index in [1.54, 1.807) is 30.6 Å². The lowest BCUT2D eigenvalue weighted by molar-refractivity contribution is 0.0947. The molecule has 0 radical (unpaired) electrons. The highest BCUT2D eigenvalue weighted by Crippen LogP contribution is 2.42. The summed E-state index contributed by atoms with van der Waals surface area (Å²) in [5.41, 5.74) is 3.70. The summed E-state index contributed by atoms with van der Waals surface area (Å²) < 4.78 is 6.16. The Balaban J connectivity index is 1.59. The minimum atomic E-state index is -0.180. The average molecular weight is 454 g/mol. The van der Waals surface area contributed by atoms with Gasteiger partial charge in [0.05, 0.1) is 39.4 Å². The van der Waals surface area contributed by atoms with Crippen LogP contribution in [0.25, 0.3) is 11.3 Å². The molecule has 2 aliphatic heterocycles. The maximum absolute atomic E-state index is 12.8. The molecule has 8 nitrogen and oxygen atoms in total. The minimum absolute atomic E-state index is 0.0599. The summed E-state index contributed by atoms with van der Waals surface area (Å²) in [5.74, 6) is 0.349. The number of phenolic OH excluding ortho intramolecular Hbond substituents is 1. The van der Waals surface area contributed by atoms with Gasteiger partial charge in [0.2, 0.25) is 0 Å². The number of phenols is 1. The molecule has 4 heterocycles. The fourth-order valence-electron chi connectivity index (χ4n) is 4.07. The van der Waals surface area contributed by atoms with Crippen molar-refractivity contribution in [3.63, 3.8) is 0 Å². The van der Waals surface area contributed by atoms with Crippen molar-refractivity contribution in [3.8, 4) is 22.8 Å². The van der Waals surface area contributed by atoms with E-state index in [1.807, 2.05) is 6.07 Å². The Morgan fingerprint density at radius 1 is 1.31 bits per heavy atom.